The molecule has 2 aromatic rings. The van der Waals surface area contributed by atoms with Crippen molar-refractivity contribution in [3.05, 3.63) is 53.7 Å². The van der Waals surface area contributed by atoms with E-state index in [1.165, 1.54) is 0 Å². The van der Waals surface area contributed by atoms with E-state index in [4.69, 9.17) is 0 Å². The number of pyridine rings is 1. The first-order valence-electron chi connectivity index (χ1n) is 6.27. The zero-order valence-corrected chi connectivity index (χ0v) is 10.8. The maximum absolute atomic E-state index is 12.0. The lowest BCUT2D eigenvalue weighted by atomic mass is 10.0. The van der Waals surface area contributed by atoms with Gasteiger partial charge in [0.1, 0.15) is 0 Å². The molecule has 0 atom stereocenters. The molecule has 1 aromatic carbocycles. The number of nitrogens with zero attached hydrogens (tertiary/aromatic N) is 1. The minimum Gasteiger partial charge on any atom is -0.294 e. The Balaban J connectivity index is 2.24. The van der Waals surface area contributed by atoms with Crippen LogP contribution in [0.2, 0.25) is 0 Å². The number of aromatic nitrogens is 1. The van der Waals surface area contributed by atoms with Crippen LogP contribution in [0.4, 0.5) is 0 Å². The van der Waals surface area contributed by atoms with Gasteiger partial charge in [-0.1, -0.05) is 37.3 Å². The zero-order chi connectivity index (χ0) is 13.0. The first-order valence-corrected chi connectivity index (χ1v) is 6.27. The predicted molar refractivity (Wildman–Crippen MR) is 74.5 cm³/mol. The second-order valence-electron chi connectivity index (χ2n) is 4.26. The number of Topliss-reactive ketones (excluding diaryl/α,β-unsaturated/α-hetero) is 1. The van der Waals surface area contributed by atoms with E-state index in [9.17, 15) is 4.79 Å². The Labute approximate surface area is 107 Å². The Bertz CT molecular complexity index is 599. The van der Waals surface area contributed by atoms with E-state index in [0.29, 0.717) is 6.42 Å². The highest BCUT2D eigenvalue weighted by Crippen LogP contribution is 2.13. The van der Waals surface area contributed by atoms with Crippen LogP contribution in [0.25, 0.3) is 10.9 Å². The number of carbonyl (C=O) groups is 1. The molecule has 0 saturated heterocycles. The molecule has 2 heteroatoms. The van der Waals surface area contributed by atoms with Gasteiger partial charge in [-0.3, -0.25) is 9.78 Å². The molecule has 0 bridgehead atoms. The molecular weight excluding hydrogens is 222 g/mol. The van der Waals surface area contributed by atoms with Crippen LogP contribution >= 0.6 is 0 Å². The summed E-state index contributed by atoms with van der Waals surface area (Å²) in [5, 5.41) is 1.11. The fraction of sp³-hybridized carbons (Fsp3) is 0.250. The van der Waals surface area contributed by atoms with Gasteiger partial charge in [-0.25, -0.2) is 0 Å². The predicted octanol–water partition coefficient (Wildman–Crippen LogP) is 3.70. The van der Waals surface area contributed by atoms with Crippen molar-refractivity contribution in [3.63, 3.8) is 0 Å². The summed E-state index contributed by atoms with van der Waals surface area (Å²) in [6, 6.07) is 11.9. The Hall–Kier alpha value is -1.96. The molecule has 0 amide bonds. The Morgan fingerprint density at radius 1 is 1.22 bits per heavy atom. The van der Waals surface area contributed by atoms with Crippen LogP contribution in [0.1, 0.15) is 26.0 Å². The number of fused-ring (bicyclic) bond motifs is 1. The maximum Gasteiger partial charge on any atom is 0.164 e. The summed E-state index contributed by atoms with van der Waals surface area (Å²) in [5.41, 5.74) is 2.66. The van der Waals surface area contributed by atoms with Gasteiger partial charge >= 0.3 is 0 Å². The summed E-state index contributed by atoms with van der Waals surface area (Å²) < 4.78 is 0. The zero-order valence-electron chi connectivity index (χ0n) is 10.8. The molecule has 0 N–H and O–H groups in total. The Kier molecular flexibility index (Phi) is 3.88. The van der Waals surface area contributed by atoms with Crippen LogP contribution in [0, 0.1) is 0 Å². The number of allylic oxidation sites excluding steroid dienone is 2. The van der Waals surface area contributed by atoms with Crippen molar-refractivity contribution in [1.82, 2.24) is 4.98 Å². The van der Waals surface area contributed by atoms with Crippen molar-refractivity contribution in [2.45, 2.75) is 26.7 Å². The van der Waals surface area contributed by atoms with Crippen molar-refractivity contribution in [2.24, 2.45) is 0 Å². The minimum absolute atomic E-state index is 0.169. The third-order valence-electron chi connectivity index (χ3n) is 3.09. The van der Waals surface area contributed by atoms with E-state index in [1.807, 2.05) is 56.3 Å². The standard InChI is InChI=1S/C16H17NO/c1-3-12(4-2)16(18)11-14-10-9-13-7-5-6-8-15(13)17-14/h3,5-10H,4,11H2,1-2H3/b12-3-. The fourth-order valence-electron chi connectivity index (χ4n) is 2.05. The smallest absolute Gasteiger partial charge is 0.164 e. The van der Waals surface area contributed by atoms with Crippen molar-refractivity contribution in [1.29, 1.82) is 0 Å². The maximum atomic E-state index is 12.0. The van der Waals surface area contributed by atoms with E-state index in [1.54, 1.807) is 0 Å². The van der Waals surface area contributed by atoms with Gasteiger partial charge in [0.05, 0.1) is 11.9 Å². The van der Waals surface area contributed by atoms with Gasteiger partial charge in [0.25, 0.3) is 0 Å². The van der Waals surface area contributed by atoms with Crippen LogP contribution in [0.5, 0.6) is 0 Å². The molecule has 0 unspecified atom stereocenters. The largest absolute Gasteiger partial charge is 0.294 e. The molecule has 0 fully saturated rings. The summed E-state index contributed by atoms with van der Waals surface area (Å²) in [7, 11) is 0. The number of benzene rings is 1. The van der Waals surface area contributed by atoms with E-state index in [2.05, 4.69) is 4.98 Å². The molecule has 1 heterocycles. The molecule has 0 radical (unpaired) electrons. The van der Waals surface area contributed by atoms with Crippen LogP contribution in [0.3, 0.4) is 0 Å². The number of carbonyl (C=O) groups excluding carboxylic acids is 1. The molecule has 2 nitrogen and oxygen atoms in total. The lowest BCUT2D eigenvalue weighted by Crippen LogP contribution is -2.07. The number of hydrogen-bond donors (Lipinski definition) is 0. The normalized spacial score (nSPS) is 11.8. The number of ketones is 1. The van der Waals surface area contributed by atoms with E-state index in [-0.39, 0.29) is 5.78 Å². The SMILES string of the molecule is C/C=C(/CC)C(=O)Cc1ccc2ccccc2n1. The molecule has 92 valence electrons. The minimum atomic E-state index is 0.169. The lowest BCUT2D eigenvalue weighted by Gasteiger charge is -2.04. The van der Waals surface area contributed by atoms with Crippen LogP contribution in [-0.2, 0) is 11.2 Å². The molecule has 0 aliphatic carbocycles. The van der Waals surface area contributed by atoms with Crippen molar-refractivity contribution < 1.29 is 4.79 Å². The molecule has 0 aliphatic rings. The molecule has 1 aromatic heterocycles. The molecule has 0 spiro atoms. The van der Waals surface area contributed by atoms with E-state index >= 15 is 0 Å². The second-order valence-corrected chi connectivity index (χ2v) is 4.26. The highest BCUT2D eigenvalue weighted by molar-refractivity contribution is 5.96. The summed E-state index contributed by atoms with van der Waals surface area (Å²) in [5.74, 6) is 0.169. The highest BCUT2D eigenvalue weighted by atomic mass is 16.1. The van der Waals surface area contributed by atoms with Crippen molar-refractivity contribution >= 4 is 16.7 Å². The topological polar surface area (TPSA) is 30.0 Å². The van der Waals surface area contributed by atoms with Crippen molar-refractivity contribution in [3.8, 4) is 0 Å². The number of rotatable bonds is 4. The molecular formula is C16H17NO. The van der Waals surface area contributed by atoms with Gasteiger partial charge in [-0.15, -0.1) is 0 Å². The first-order chi connectivity index (χ1) is 8.74. The van der Waals surface area contributed by atoms with Crippen LogP contribution in [0.15, 0.2) is 48.0 Å². The van der Waals surface area contributed by atoms with Gasteiger partial charge in [0, 0.05) is 11.1 Å². The van der Waals surface area contributed by atoms with Crippen molar-refractivity contribution in [2.75, 3.05) is 0 Å². The second kappa shape index (κ2) is 5.58. The Morgan fingerprint density at radius 2 is 2.00 bits per heavy atom. The van der Waals surface area contributed by atoms with Gasteiger partial charge in [-0.2, -0.15) is 0 Å². The average Bonchev–Trinajstić information content (AvgIpc) is 2.40. The van der Waals surface area contributed by atoms with Crippen LogP contribution in [-0.4, -0.2) is 10.8 Å². The van der Waals surface area contributed by atoms with Gasteiger partial charge in [-0.05, 0) is 31.1 Å². The lowest BCUT2D eigenvalue weighted by molar-refractivity contribution is -0.115. The van der Waals surface area contributed by atoms with E-state index in [0.717, 1.165) is 28.6 Å². The van der Waals surface area contributed by atoms with Crippen LogP contribution < -0.4 is 0 Å². The Morgan fingerprint density at radius 3 is 2.72 bits per heavy atom. The average molecular weight is 239 g/mol. The highest BCUT2D eigenvalue weighted by Gasteiger charge is 2.09. The monoisotopic (exact) mass is 239 g/mol. The molecule has 0 aliphatic heterocycles. The summed E-state index contributed by atoms with van der Waals surface area (Å²) in [4.78, 5) is 16.5. The third-order valence-corrected chi connectivity index (χ3v) is 3.09. The van der Waals surface area contributed by atoms with Gasteiger partial charge in [0.15, 0.2) is 5.78 Å². The van der Waals surface area contributed by atoms with E-state index < -0.39 is 0 Å². The van der Waals surface area contributed by atoms with Gasteiger partial charge in [0.2, 0.25) is 0 Å². The molecule has 2 rings (SSSR count). The number of hydrogen-bond acceptors (Lipinski definition) is 2. The summed E-state index contributed by atoms with van der Waals surface area (Å²) in [6.45, 7) is 3.91. The van der Waals surface area contributed by atoms with Gasteiger partial charge < -0.3 is 0 Å². The third kappa shape index (κ3) is 2.65. The fourth-order valence-corrected chi connectivity index (χ4v) is 2.05. The summed E-state index contributed by atoms with van der Waals surface area (Å²) in [6.07, 6.45) is 3.06. The number of para-hydroxylation sites is 1. The first kappa shape index (κ1) is 12.5. The quantitative estimate of drug-likeness (QED) is 0.761. The molecule has 0 saturated carbocycles. The molecule has 18 heavy (non-hydrogen) atoms. The summed E-state index contributed by atoms with van der Waals surface area (Å²) >= 11 is 0.